The lowest BCUT2D eigenvalue weighted by Crippen LogP contribution is -2.47. The fourth-order valence-corrected chi connectivity index (χ4v) is 2.89. The normalized spacial score (nSPS) is 13.7. The Kier molecular flexibility index (Phi) is 5.16. The zero-order chi connectivity index (χ0) is 18.6. The highest BCUT2D eigenvalue weighted by atomic mass is 16.6. The van der Waals surface area contributed by atoms with Gasteiger partial charge >= 0.3 is 6.09 Å². The largest absolute Gasteiger partial charge is 0.443 e. The second-order valence-corrected chi connectivity index (χ2v) is 7.30. The van der Waals surface area contributed by atoms with E-state index in [1.165, 1.54) is 11.1 Å². The molecule has 0 bridgehead atoms. The lowest BCUT2D eigenvalue weighted by atomic mass is 9.96. The highest BCUT2D eigenvalue weighted by Crippen LogP contribution is 2.32. The first-order chi connectivity index (χ1) is 12.4. The molecule has 1 heterocycles. The summed E-state index contributed by atoms with van der Waals surface area (Å²) in [4.78, 5) is 14.0. The third kappa shape index (κ3) is 4.57. The molecule has 26 heavy (non-hydrogen) atoms. The van der Waals surface area contributed by atoms with Gasteiger partial charge in [-0.15, -0.1) is 0 Å². The van der Waals surface area contributed by atoms with Gasteiger partial charge in [0.2, 0.25) is 0 Å². The molecule has 0 aliphatic carbocycles. The van der Waals surface area contributed by atoms with Gasteiger partial charge in [0, 0.05) is 6.20 Å². The molecule has 0 fully saturated rings. The Morgan fingerprint density at radius 1 is 1.00 bits per heavy atom. The molecular weight excluding hydrogens is 326 g/mol. The first-order valence-electron chi connectivity index (χ1n) is 8.74. The molecule has 1 aliphatic rings. The lowest BCUT2D eigenvalue weighted by Gasteiger charge is -2.39. The van der Waals surface area contributed by atoms with Crippen LogP contribution in [-0.2, 0) is 4.74 Å². The van der Waals surface area contributed by atoms with Gasteiger partial charge in [0.15, 0.2) is 0 Å². The molecule has 0 atom stereocenters. The van der Waals surface area contributed by atoms with E-state index in [9.17, 15) is 4.79 Å². The van der Waals surface area contributed by atoms with E-state index in [0.717, 1.165) is 5.70 Å². The van der Waals surface area contributed by atoms with Gasteiger partial charge in [-0.2, -0.15) is 0 Å². The number of rotatable bonds is 5. The maximum absolute atomic E-state index is 11.7. The summed E-state index contributed by atoms with van der Waals surface area (Å²) in [5.74, 6) is 0. The number of benzene rings is 2. The third-order valence-electron chi connectivity index (χ3n) is 3.96. The molecule has 136 valence electrons. The van der Waals surface area contributed by atoms with Gasteiger partial charge in [0.05, 0.1) is 18.3 Å². The summed E-state index contributed by atoms with van der Waals surface area (Å²) in [7, 11) is 0. The van der Waals surface area contributed by atoms with Crippen molar-refractivity contribution in [2.45, 2.75) is 32.4 Å². The quantitative estimate of drug-likeness (QED) is 0.801. The van der Waals surface area contributed by atoms with Crippen LogP contribution in [0, 0.1) is 0 Å². The van der Waals surface area contributed by atoms with Crippen molar-refractivity contribution in [3.8, 4) is 0 Å². The number of nitrogens with one attached hydrogen (secondary N) is 2. The van der Waals surface area contributed by atoms with Crippen molar-refractivity contribution in [2.75, 3.05) is 6.54 Å². The highest BCUT2D eigenvalue weighted by Gasteiger charge is 2.27. The Bertz CT molecular complexity index is 727. The van der Waals surface area contributed by atoms with Crippen LogP contribution in [0.5, 0.6) is 0 Å². The van der Waals surface area contributed by atoms with E-state index in [0.29, 0.717) is 6.54 Å². The summed E-state index contributed by atoms with van der Waals surface area (Å²) >= 11 is 0. The van der Waals surface area contributed by atoms with Crippen LogP contribution in [0.25, 0.3) is 0 Å². The lowest BCUT2D eigenvalue weighted by molar-refractivity contribution is 0.0501. The van der Waals surface area contributed by atoms with Crippen LogP contribution in [0.15, 0.2) is 72.6 Å². The average molecular weight is 351 g/mol. The van der Waals surface area contributed by atoms with Crippen LogP contribution in [-0.4, -0.2) is 23.1 Å². The van der Waals surface area contributed by atoms with Crippen LogP contribution in [0.4, 0.5) is 4.79 Å². The van der Waals surface area contributed by atoms with Crippen molar-refractivity contribution in [1.82, 2.24) is 15.8 Å². The summed E-state index contributed by atoms with van der Waals surface area (Å²) in [6, 6.07) is 20.9. The average Bonchev–Trinajstić information content (AvgIpc) is 2.57. The molecular formula is C21H25N3O2. The molecule has 2 N–H and O–H groups in total. The van der Waals surface area contributed by atoms with Crippen LogP contribution < -0.4 is 10.9 Å². The molecule has 2 aromatic carbocycles. The number of carbonyl (C=O) groups is 1. The first-order valence-corrected chi connectivity index (χ1v) is 8.74. The Hall–Kier alpha value is -2.95. The van der Waals surface area contributed by atoms with Crippen LogP contribution in [0.1, 0.15) is 37.9 Å². The van der Waals surface area contributed by atoms with Crippen molar-refractivity contribution in [1.29, 1.82) is 0 Å². The van der Waals surface area contributed by atoms with E-state index in [2.05, 4.69) is 64.3 Å². The molecule has 0 spiro atoms. The summed E-state index contributed by atoms with van der Waals surface area (Å²) in [6.07, 6.45) is 1.53. The number of hydrazine groups is 1. The molecule has 5 nitrogen and oxygen atoms in total. The van der Waals surface area contributed by atoms with Gasteiger partial charge in [-0.1, -0.05) is 60.7 Å². The van der Waals surface area contributed by atoms with Crippen LogP contribution in [0.3, 0.4) is 0 Å². The molecule has 1 aliphatic heterocycles. The van der Waals surface area contributed by atoms with Crippen molar-refractivity contribution in [3.63, 3.8) is 0 Å². The molecule has 5 heteroatoms. The van der Waals surface area contributed by atoms with Gasteiger partial charge < -0.3 is 9.64 Å². The molecule has 0 saturated heterocycles. The summed E-state index contributed by atoms with van der Waals surface area (Å²) in [5.41, 5.74) is 8.38. The fraction of sp³-hybridized carbons (Fsp3) is 0.286. The highest BCUT2D eigenvalue weighted by molar-refractivity contribution is 5.67. The summed E-state index contributed by atoms with van der Waals surface area (Å²) in [6.45, 7) is 6.22. The van der Waals surface area contributed by atoms with Crippen molar-refractivity contribution >= 4 is 6.09 Å². The van der Waals surface area contributed by atoms with E-state index < -0.39 is 11.7 Å². The van der Waals surface area contributed by atoms with Crippen LogP contribution >= 0.6 is 0 Å². The zero-order valence-corrected chi connectivity index (χ0v) is 15.4. The van der Waals surface area contributed by atoms with E-state index in [4.69, 9.17) is 4.74 Å². The fourth-order valence-electron chi connectivity index (χ4n) is 2.89. The van der Waals surface area contributed by atoms with Gasteiger partial charge in [-0.05, 0) is 31.9 Å². The molecule has 2 aromatic rings. The standard InChI is InChI=1S/C21H25N3O2/c1-21(2,3)26-20(25)23-22-18-14-24(15-18)19(16-10-6-4-7-11-16)17-12-8-5-9-13-17/h4-14,19,22H,15H2,1-3H3,(H,23,25). The van der Waals surface area contributed by atoms with Gasteiger partial charge in [-0.3, -0.25) is 5.43 Å². The number of carbonyl (C=O) groups excluding carboxylic acids is 1. The number of ether oxygens (including phenoxy) is 1. The summed E-state index contributed by atoms with van der Waals surface area (Å²) < 4.78 is 5.22. The van der Waals surface area contributed by atoms with Gasteiger partial charge in [-0.25, -0.2) is 10.2 Å². The van der Waals surface area contributed by atoms with E-state index in [1.54, 1.807) is 0 Å². The number of nitrogens with zero attached hydrogens (tertiary/aromatic N) is 1. The first kappa shape index (κ1) is 17.9. The predicted molar refractivity (Wildman–Crippen MR) is 102 cm³/mol. The Morgan fingerprint density at radius 3 is 1.96 bits per heavy atom. The minimum atomic E-state index is -0.516. The van der Waals surface area contributed by atoms with Gasteiger partial charge in [0.25, 0.3) is 0 Å². The monoisotopic (exact) mass is 351 g/mol. The third-order valence-corrected chi connectivity index (χ3v) is 3.96. The van der Waals surface area contributed by atoms with E-state index >= 15 is 0 Å². The Balaban J connectivity index is 1.66. The van der Waals surface area contributed by atoms with Crippen molar-refractivity contribution in [2.24, 2.45) is 0 Å². The summed E-state index contributed by atoms with van der Waals surface area (Å²) in [5, 5.41) is 0. The molecule has 0 unspecified atom stereocenters. The van der Waals surface area contributed by atoms with Crippen molar-refractivity contribution < 1.29 is 9.53 Å². The smallest absolute Gasteiger partial charge is 0.426 e. The van der Waals surface area contributed by atoms with Gasteiger partial charge in [0.1, 0.15) is 5.60 Å². The molecule has 0 aromatic heterocycles. The Morgan fingerprint density at radius 2 is 1.50 bits per heavy atom. The predicted octanol–water partition coefficient (Wildman–Crippen LogP) is 3.96. The van der Waals surface area contributed by atoms with E-state index in [-0.39, 0.29) is 6.04 Å². The number of hydrogen-bond acceptors (Lipinski definition) is 4. The molecule has 3 rings (SSSR count). The maximum atomic E-state index is 11.7. The number of hydrogen-bond donors (Lipinski definition) is 2. The van der Waals surface area contributed by atoms with Crippen LogP contribution in [0.2, 0.25) is 0 Å². The van der Waals surface area contributed by atoms with Crippen molar-refractivity contribution in [3.05, 3.63) is 83.7 Å². The molecule has 0 radical (unpaired) electrons. The second-order valence-electron chi connectivity index (χ2n) is 7.30. The minimum Gasteiger partial charge on any atom is -0.443 e. The Labute approximate surface area is 154 Å². The molecule has 1 amide bonds. The zero-order valence-electron chi connectivity index (χ0n) is 15.4. The minimum absolute atomic E-state index is 0.143. The number of amides is 1. The second kappa shape index (κ2) is 7.52. The topological polar surface area (TPSA) is 53.6 Å². The SMILES string of the molecule is CC(C)(C)OC(=O)NNC1=CN(C(c2ccccc2)c2ccccc2)C1. The maximum Gasteiger partial charge on any atom is 0.426 e. The molecule has 0 saturated carbocycles. The van der Waals surface area contributed by atoms with E-state index in [1.807, 2.05) is 39.1 Å².